The van der Waals surface area contributed by atoms with E-state index in [2.05, 4.69) is 15.5 Å². The van der Waals surface area contributed by atoms with Gasteiger partial charge in [0.05, 0.1) is 0 Å². The van der Waals surface area contributed by atoms with Gasteiger partial charge in [-0.1, -0.05) is 0 Å². The fourth-order valence-corrected chi connectivity index (χ4v) is 11.3. The third-order valence-electron chi connectivity index (χ3n) is 5.74. The molecule has 0 unspecified atom stereocenters. The first-order valence-corrected chi connectivity index (χ1v) is 14.5. The van der Waals surface area contributed by atoms with E-state index in [1.807, 2.05) is 91.0 Å². The molecule has 162 valence electrons. The van der Waals surface area contributed by atoms with Crippen LogP contribution in [-0.4, -0.2) is 19.7 Å². The summed E-state index contributed by atoms with van der Waals surface area (Å²) >= 11 is 4.21. The Bertz CT molecular complexity index is 1130. The Morgan fingerprint density at radius 1 is 0.625 bits per heavy atom. The molecular formula is C27H24BrO3P. The molecule has 0 spiro atoms. The van der Waals surface area contributed by atoms with E-state index in [4.69, 9.17) is 9.47 Å². The molecule has 0 radical (unpaired) electrons. The van der Waals surface area contributed by atoms with Crippen molar-refractivity contribution >= 4 is 42.2 Å². The van der Waals surface area contributed by atoms with E-state index < -0.39 is 5.31 Å². The quantitative estimate of drug-likeness (QED) is 0.302. The van der Waals surface area contributed by atoms with Gasteiger partial charge in [0.25, 0.3) is 0 Å². The van der Waals surface area contributed by atoms with Crippen molar-refractivity contribution < 1.29 is 14.3 Å². The van der Waals surface area contributed by atoms with Crippen LogP contribution in [0.1, 0.15) is 10.4 Å². The van der Waals surface area contributed by atoms with E-state index in [-0.39, 0.29) is 5.52 Å². The SMILES string of the molecule is COc1ccc(C(=O)P(Br)(c2ccccc2)(c2ccccc2)c2ccccc2)cc1OC. The van der Waals surface area contributed by atoms with Gasteiger partial charge in [0.2, 0.25) is 0 Å². The average Bonchev–Trinajstić information content (AvgIpc) is 2.89. The summed E-state index contributed by atoms with van der Waals surface area (Å²) in [7, 11) is 3.16. The Morgan fingerprint density at radius 2 is 1.03 bits per heavy atom. The van der Waals surface area contributed by atoms with E-state index >= 15 is 0 Å². The molecule has 0 N–H and O–H groups in total. The number of hydrogen-bond donors (Lipinski definition) is 0. The van der Waals surface area contributed by atoms with Gasteiger partial charge in [0.1, 0.15) is 0 Å². The van der Waals surface area contributed by atoms with Gasteiger partial charge >= 0.3 is 197 Å². The minimum atomic E-state index is -3.78. The van der Waals surface area contributed by atoms with Crippen LogP contribution in [0, 0.1) is 0 Å². The minimum absolute atomic E-state index is 0.000512. The van der Waals surface area contributed by atoms with Crippen LogP contribution < -0.4 is 25.4 Å². The maximum absolute atomic E-state index is 14.8. The van der Waals surface area contributed by atoms with E-state index in [0.29, 0.717) is 17.1 Å². The normalized spacial score (nSPS) is 12.4. The number of hydrogen-bond acceptors (Lipinski definition) is 3. The average molecular weight is 507 g/mol. The van der Waals surface area contributed by atoms with E-state index in [0.717, 1.165) is 15.9 Å². The second-order valence-corrected chi connectivity index (χ2v) is 15.6. The summed E-state index contributed by atoms with van der Waals surface area (Å²) in [5.41, 5.74) is 0.550. The molecule has 0 aliphatic carbocycles. The summed E-state index contributed by atoms with van der Waals surface area (Å²) in [6, 6.07) is 35.3. The zero-order valence-electron chi connectivity index (χ0n) is 17.9. The summed E-state index contributed by atoms with van der Waals surface area (Å²) in [5, 5.41) is -0.957. The Labute approximate surface area is 196 Å². The number of halogens is 1. The predicted molar refractivity (Wildman–Crippen MR) is 138 cm³/mol. The van der Waals surface area contributed by atoms with Gasteiger partial charge in [-0.3, -0.25) is 0 Å². The predicted octanol–water partition coefficient (Wildman–Crippen LogP) is 5.68. The van der Waals surface area contributed by atoms with Crippen LogP contribution in [0.25, 0.3) is 0 Å². The Balaban J connectivity index is 2.12. The maximum atomic E-state index is 14.8. The van der Waals surface area contributed by atoms with Crippen molar-refractivity contribution in [2.75, 3.05) is 14.2 Å². The first-order chi connectivity index (χ1) is 15.5. The van der Waals surface area contributed by atoms with Crippen molar-refractivity contribution in [1.82, 2.24) is 0 Å². The van der Waals surface area contributed by atoms with Gasteiger partial charge in [-0.05, 0) is 0 Å². The molecule has 0 saturated heterocycles. The van der Waals surface area contributed by atoms with Gasteiger partial charge in [-0.2, -0.15) is 0 Å². The van der Waals surface area contributed by atoms with Gasteiger partial charge < -0.3 is 0 Å². The molecule has 0 fully saturated rings. The third kappa shape index (κ3) is 3.35. The standard InChI is InChI=1S/C27H24BrO3P/c1-30-25-19-18-21(20-26(25)31-2)27(29)32(28,22-12-6-3-7-13-22,23-14-8-4-9-15-23)24-16-10-5-11-17-24/h3-20H,1-2H3. The molecule has 0 aromatic heterocycles. The summed E-state index contributed by atoms with van der Waals surface area (Å²) in [6.07, 6.45) is 0. The summed E-state index contributed by atoms with van der Waals surface area (Å²) in [4.78, 5) is 14.8. The third-order valence-corrected chi connectivity index (χ3v) is 15.2. The fraction of sp³-hybridized carbons (Fsp3) is 0.0741. The molecule has 0 atom stereocenters. The molecule has 3 nitrogen and oxygen atoms in total. The summed E-state index contributed by atoms with van der Waals surface area (Å²) in [5.74, 6) is 1.10. The zero-order chi connectivity index (χ0) is 22.6. The summed E-state index contributed by atoms with van der Waals surface area (Å²) < 4.78 is 10.9. The molecule has 0 amide bonds. The van der Waals surface area contributed by atoms with Crippen LogP contribution in [0.5, 0.6) is 11.5 Å². The molecule has 5 heteroatoms. The molecule has 0 saturated carbocycles. The van der Waals surface area contributed by atoms with E-state index in [9.17, 15) is 4.79 Å². The molecule has 4 aromatic carbocycles. The van der Waals surface area contributed by atoms with E-state index in [1.165, 1.54) is 0 Å². The molecule has 32 heavy (non-hydrogen) atoms. The van der Waals surface area contributed by atoms with Crippen LogP contribution in [-0.2, 0) is 0 Å². The number of methoxy groups -OCH3 is 2. The molecule has 4 aromatic rings. The second kappa shape index (κ2) is 8.90. The van der Waals surface area contributed by atoms with Crippen LogP contribution in [0.15, 0.2) is 109 Å². The Kier molecular flexibility index (Phi) is 6.19. The number of carbonyl (C=O) groups is 1. The molecule has 0 aliphatic rings. The van der Waals surface area contributed by atoms with Gasteiger partial charge in [0.15, 0.2) is 0 Å². The number of ether oxygens (including phenoxy) is 2. The summed E-state index contributed by atoms with van der Waals surface area (Å²) in [6.45, 7) is 0. The first-order valence-electron chi connectivity index (χ1n) is 10.2. The van der Waals surface area contributed by atoms with Gasteiger partial charge in [0, 0.05) is 0 Å². The van der Waals surface area contributed by atoms with Crippen LogP contribution in [0.4, 0.5) is 0 Å². The molecule has 0 aliphatic heterocycles. The van der Waals surface area contributed by atoms with Crippen LogP contribution >= 0.6 is 20.8 Å². The Hall–Kier alpha value is -2.94. The Morgan fingerprint density at radius 3 is 1.41 bits per heavy atom. The van der Waals surface area contributed by atoms with Gasteiger partial charge in [-0.15, -0.1) is 0 Å². The molecule has 0 bridgehead atoms. The van der Waals surface area contributed by atoms with Crippen LogP contribution in [0.3, 0.4) is 0 Å². The fourth-order valence-electron chi connectivity index (χ4n) is 4.13. The van der Waals surface area contributed by atoms with Crippen molar-refractivity contribution in [2.45, 2.75) is 0 Å². The monoisotopic (exact) mass is 506 g/mol. The van der Waals surface area contributed by atoms with Crippen molar-refractivity contribution in [1.29, 1.82) is 0 Å². The second-order valence-electron chi connectivity index (χ2n) is 7.39. The zero-order valence-corrected chi connectivity index (χ0v) is 20.4. The molecule has 0 heterocycles. The molecule has 4 rings (SSSR count). The van der Waals surface area contributed by atoms with Crippen molar-refractivity contribution in [3.05, 3.63) is 115 Å². The number of rotatable bonds is 7. The van der Waals surface area contributed by atoms with Gasteiger partial charge in [-0.25, -0.2) is 0 Å². The first kappa shape index (κ1) is 22.3. The van der Waals surface area contributed by atoms with E-state index in [1.54, 1.807) is 32.4 Å². The van der Waals surface area contributed by atoms with Crippen LogP contribution in [0.2, 0.25) is 0 Å². The number of benzene rings is 4. The van der Waals surface area contributed by atoms with Crippen molar-refractivity contribution in [3.8, 4) is 11.5 Å². The number of carbonyl (C=O) groups excluding carboxylic acids is 1. The van der Waals surface area contributed by atoms with Crippen molar-refractivity contribution in [3.63, 3.8) is 0 Å². The topological polar surface area (TPSA) is 35.5 Å². The molecular weight excluding hydrogens is 483 g/mol. The van der Waals surface area contributed by atoms with Crippen molar-refractivity contribution in [2.24, 2.45) is 0 Å².